The number of carbonyl (C=O) groups is 3. The Kier molecular flexibility index (Phi) is 8.25. The molecule has 1 aromatic carbocycles. The molecule has 0 fully saturated rings. The van der Waals surface area contributed by atoms with Crippen LogP contribution in [0.1, 0.15) is 30.5 Å². The fourth-order valence-corrected chi connectivity index (χ4v) is 2.78. The van der Waals surface area contributed by atoms with E-state index < -0.39 is 6.04 Å². The van der Waals surface area contributed by atoms with Crippen molar-refractivity contribution >= 4 is 23.4 Å². The van der Waals surface area contributed by atoms with Crippen LogP contribution in [0.15, 0.2) is 12.1 Å². The third-order valence-electron chi connectivity index (χ3n) is 3.89. The highest BCUT2D eigenvalue weighted by molar-refractivity contribution is 5.94. The zero-order chi connectivity index (χ0) is 19.9. The van der Waals surface area contributed by atoms with Crippen LogP contribution >= 0.6 is 0 Å². The van der Waals surface area contributed by atoms with Crippen molar-refractivity contribution in [2.24, 2.45) is 0 Å². The molecule has 0 saturated heterocycles. The zero-order valence-corrected chi connectivity index (χ0v) is 16.5. The van der Waals surface area contributed by atoms with Crippen molar-refractivity contribution in [1.29, 1.82) is 0 Å². The Labute approximate surface area is 155 Å². The van der Waals surface area contributed by atoms with Gasteiger partial charge in [0.05, 0.1) is 13.1 Å². The summed E-state index contributed by atoms with van der Waals surface area (Å²) in [7, 11) is 1.69. The van der Waals surface area contributed by atoms with E-state index in [1.54, 1.807) is 18.9 Å². The first-order valence-corrected chi connectivity index (χ1v) is 8.77. The molecule has 0 unspecified atom stereocenters. The number of likely N-dealkylation sites (N-methyl/N-ethyl adjacent to an activating group) is 2. The SMILES string of the molecule is CCNC(=O)[C@@H](C)NC(=O)CN(C)CC(=O)Nc1c(C)cc(C)cc1C. The molecule has 0 bridgehead atoms. The minimum Gasteiger partial charge on any atom is -0.355 e. The van der Waals surface area contributed by atoms with Gasteiger partial charge in [0.1, 0.15) is 6.04 Å². The molecule has 0 heterocycles. The first-order valence-electron chi connectivity index (χ1n) is 8.77. The van der Waals surface area contributed by atoms with E-state index in [9.17, 15) is 14.4 Å². The molecule has 0 saturated carbocycles. The summed E-state index contributed by atoms with van der Waals surface area (Å²) < 4.78 is 0. The average Bonchev–Trinajstić information content (AvgIpc) is 2.50. The van der Waals surface area contributed by atoms with Crippen LogP contribution in [-0.4, -0.2) is 55.3 Å². The maximum absolute atomic E-state index is 12.3. The van der Waals surface area contributed by atoms with Gasteiger partial charge < -0.3 is 16.0 Å². The highest BCUT2D eigenvalue weighted by Crippen LogP contribution is 2.21. The van der Waals surface area contributed by atoms with Gasteiger partial charge >= 0.3 is 0 Å². The van der Waals surface area contributed by atoms with Crippen molar-refractivity contribution in [3.8, 4) is 0 Å². The molecule has 0 radical (unpaired) electrons. The molecule has 0 aliphatic rings. The molecule has 7 nitrogen and oxygen atoms in total. The Bertz CT molecular complexity index is 650. The highest BCUT2D eigenvalue weighted by Gasteiger charge is 2.17. The molecule has 26 heavy (non-hydrogen) atoms. The van der Waals surface area contributed by atoms with Crippen molar-refractivity contribution in [2.45, 2.75) is 40.7 Å². The van der Waals surface area contributed by atoms with E-state index in [2.05, 4.69) is 16.0 Å². The van der Waals surface area contributed by atoms with Gasteiger partial charge in [0.15, 0.2) is 0 Å². The lowest BCUT2D eigenvalue weighted by atomic mass is 10.1. The number of benzene rings is 1. The average molecular weight is 362 g/mol. The predicted octanol–water partition coefficient (Wildman–Crippen LogP) is 1.12. The lowest BCUT2D eigenvalue weighted by Crippen LogP contribution is -2.48. The summed E-state index contributed by atoms with van der Waals surface area (Å²) in [6.45, 7) is 9.98. The molecule has 0 spiro atoms. The summed E-state index contributed by atoms with van der Waals surface area (Å²) in [6.07, 6.45) is 0. The van der Waals surface area contributed by atoms with E-state index in [4.69, 9.17) is 0 Å². The molecule has 3 amide bonds. The van der Waals surface area contributed by atoms with Crippen molar-refractivity contribution < 1.29 is 14.4 Å². The van der Waals surface area contributed by atoms with E-state index >= 15 is 0 Å². The Hall–Kier alpha value is -2.41. The van der Waals surface area contributed by atoms with E-state index in [-0.39, 0.29) is 30.8 Å². The summed E-state index contributed by atoms with van der Waals surface area (Å²) in [4.78, 5) is 37.5. The van der Waals surface area contributed by atoms with Gasteiger partial charge in [-0.25, -0.2) is 0 Å². The van der Waals surface area contributed by atoms with Crippen molar-refractivity contribution in [2.75, 3.05) is 32.0 Å². The number of rotatable bonds is 8. The predicted molar refractivity (Wildman–Crippen MR) is 103 cm³/mol. The lowest BCUT2D eigenvalue weighted by Gasteiger charge is -2.19. The smallest absolute Gasteiger partial charge is 0.242 e. The minimum absolute atomic E-state index is 0.0308. The van der Waals surface area contributed by atoms with Gasteiger partial charge in [0.2, 0.25) is 17.7 Å². The number of aryl methyl sites for hydroxylation is 3. The second-order valence-corrected chi connectivity index (χ2v) is 6.68. The van der Waals surface area contributed by atoms with E-state index in [1.165, 1.54) is 0 Å². The van der Waals surface area contributed by atoms with Gasteiger partial charge in [-0.05, 0) is 52.8 Å². The normalized spacial score (nSPS) is 11.8. The van der Waals surface area contributed by atoms with Crippen LogP contribution in [-0.2, 0) is 14.4 Å². The lowest BCUT2D eigenvalue weighted by molar-refractivity contribution is -0.129. The van der Waals surface area contributed by atoms with Crippen molar-refractivity contribution in [3.05, 3.63) is 28.8 Å². The summed E-state index contributed by atoms with van der Waals surface area (Å²) in [5.74, 6) is -0.722. The molecule has 144 valence electrons. The Morgan fingerprint density at radius 1 is 1.04 bits per heavy atom. The van der Waals surface area contributed by atoms with Gasteiger partial charge in [0, 0.05) is 12.2 Å². The van der Waals surface area contributed by atoms with Crippen molar-refractivity contribution in [3.63, 3.8) is 0 Å². The fourth-order valence-electron chi connectivity index (χ4n) is 2.78. The van der Waals surface area contributed by atoms with Crippen LogP contribution in [0.3, 0.4) is 0 Å². The zero-order valence-electron chi connectivity index (χ0n) is 16.5. The molecule has 0 aliphatic heterocycles. The number of hydrogen-bond donors (Lipinski definition) is 3. The van der Waals surface area contributed by atoms with Crippen molar-refractivity contribution in [1.82, 2.24) is 15.5 Å². The Morgan fingerprint density at radius 3 is 2.12 bits per heavy atom. The topological polar surface area (TPSA) is 90.5 Å². The number of nitrogens with zero attached hydrogens (tertiary/aromatic N) is 1. The standard InChI is InChI=1S/C19H30N4O3/c1-7-20-19(26)15(5)21-16(24)10-23(6)11-17(25)22-18-13(3)8-12(2)9-14(18)4/h8-9,15H,7,10-11H2,1-6H3,(H,20,26)(H,21,24)(H,22,25)/t15-/m1/s1. The molecule has 1 aromatic rings. The van der Waals surface area contributed by atoms with Crippen LogP contribution in [0.5, 0.6) is 0 Å². The molecule has 0 aromatic heterocycles. The number of hydrogen-bond acceptors (Lipinski definition) is 4. The number of amides is 3. The molecular formula is C19H30N4O3. The summed E-state index contributed by atoms with van der Waals surface area (Å²) in [5.41, 5.74) is 3.97. The molecule has 1 rings (SSSR count). The number of nitrogens with one attached hydrogen (secondary N) is 3. The minimum atomic E-state index is -0.609. The van der Waals surface area contributed by atoms with Crippen LogP contribution in [0, 0.1) is 20.8 Å². The van der Waals surface area contributed by atoms with Crippen LogP contribution in [0.25, 0.3) is 0 Å². The largest absolute Gasteiger partial charge is 0.355 e. The Morgan fingerprint density at radius 2 is 1.58 bits per heavy atom. The highest BCUT2D eigenvalue weighted by atomic mass is 16.2. The monoisotopic (exact) mass is 362 g/mol. The van der Waals surface area contributed by atoms with Crippen LogP contribution < -0.4 is 16.0 Å². The first kappa shape index (κ1) is 21.6. The van der Waals surface area contributed by atoms with Gasteiger partial charge in [-0.2, -0.15) is 0 Å². The molecule has 7 heteroatoms. The number of carbonyl (C=O) groups excluding carboxylic acids is 3. The molecule has 0 aliphatic carbocycles. The van der Waals surface area contributed by atoms with Gasteiger partial charge in [-0.15, -0.1) is 0 Å². The Balaban J connectivity index is 2.52. The summed E-state index contributed by atoms with van der Waals surface area (Å²) >= 11 is 0. The molecule has 1 atom stereocenters. The van der Waals surface area contributed by atoms with E-state index in [1.807, 2.05) is 39.8 Å². The maximum atomic E-state index is 12.3. The first-order chi connectivity index (χ1) is 12.1. The quantitative estimate of drug-likeness (QED) is 0.646. The third-order valence-corrected chi connectivity index (χ3v) is 3.89. The summed E-state index contributed by atoms with van der Waals surface area (Å²) in [6, 6.07) is 3.42. The molecule has 3 N–H and O–H groups in total. The third kappa shape index (κ3) is 6.84. The molecular weight excluding hydrogens is 332 g/mol. The maximum Gasteiger partial charge on any atom is 0.242 e. The van der Waals surface area contributed by atoms with Crippen LogP contribution in [0.4, 0.5) is 5.69 Å². The summed E-state index contributed by atoms with van der Waals surface area (Å²) in [5, 5.41) is 8.17. The second kappa shape index (κ2) is 9.91. The van der Waals surface area contributed by atoms with Gasteiger partial charge in [-0.3, -0.25) is 19.3 Å². The fraction of sp³-hybridized carbons (Fsp3) is 0.526. The van der Waals surface area contributed by atoms with Crippen LogP contribution in [0.2, 0.25) is 0 Å². The van der Waals surface area contributed by atoms with E-state index in [0.29, 0.717) is 6.54 Å². The second-order valence-electron chi connectivity index (χ2n) is 6.68. The van der Waals surface area contributed by atoms with Gasteiger partial charge in [-0.1, -0.05) is 17.7 Å². The van der Waals surface area contributed by atoms with E-state index in [0.717, 1.165) is 22.4 Å². The number of anilines is 1. The van der Waals surface area contributed by atoms with Gasteiger partial charge in [0.25, 0.3) is 0 Å².